The van der Waals surface area contributed by atoms with E-state index in [2.05, 4.69) is 49.9 Å². The van der Waals surface area contributed by atoms with Gasteiger partial charge in [-0.1, -0.05) is 29.7 Å². The lowest BCUT2D eigenvalue weighted by atomic mass is 9.46. The zero-order valence-electron chi connectivity index (χ0n) is 21.7. The number of rotatable bonds is 6. The Hall–Kier alpha value is -1.18. The van der Waals surface area contributed by atoms with Gasteiger partial charge in [0.2, 0.25) is 0 Å². The molecule has 3 unspecified atom stereocenters. The molecule has 0 aromatic carbocycles. The van der Waals surface area contributed by atoms with Gasteiger partial charge in [0.25, 0.3) is 0 Å². The molecule has 0 aliphatic heterocycles. The quantitative estimate of drug-likeness (QED) is 0.310. The van der Waals surface area contributed by atoms with Gasteiger partial charge in [-0.3, -0.25) is 0 Å². The maximum absolute atomic E-state index is 12.2. The van der Waals surface area contributed by atoms with E-state index in [0.717, 1.165) is 50.7 Å². The van der Waals surface area contributed by atoms with Gasteiger partial charge in [-0.2, -0.15) is 0 Å². The van der Waals surface area contributed by atoms with Gasteiger partial charge < -0.3 is 19.2 Å². The first kappa shape index (κ1) is 24.9. The van der Waals surface area contributed by atoms with Crippen LogP contribution in [0.15, 0.2) is 22.0 Å². The van der Waals surface area contributed by atoms with E-state index < -0.39 is 13.9 Å². The van der Waals surface area contributed by atoms with Crippen LogP contribution in [-0.4, -0.2) is 51.3 Å². The van der Waals surface area contributed by atoms with Gasteiger partial charge in [0, 0.05) is 5.41 Å². The van der Waals surface area contributed by atoms with Crippen molar-refractivity contribution in [3.05, 3.63) is 11.6 Å². The average molecular weight is 477 g/mol. The second kappa shape index (κ2) is 8.79. The van der Waals surface area contributed by atoms with Crippen molar-refractivity contribution in [2.45, 2.75) is 90.5 Å². The molecule has 1 N–H and O–H groups in total. The molecule has 7 heteroatoms. The summed E-state index contributed by atoms with van der Waals surface area (Å²) in [6, 6.07) is 0. The normalized spacial score (nSPS) is 42.3. The zero-order chi connectivity index (χ0) is 24.1. The summed E-state index contributed by atoms with van der Waals surface area (Å²) in [5.41, 5.74) is 2.43. The number of oxime groups is 2. The van der Waals surface area contributed by atoms with Gasteiger partial charge >= 0.3 is 0 Å². The minimum atomic E-state index is -1.74. The Morgan fingerprint density at radius 2 is 1.76 bits per heavy atom. The highest BCUT2D eigenvalue weighted by Gasteiger charge is 2.65. The van der Waals surface area contributed by atoms with Gasteiger partial charge in [-0.25, -0.2) is 0 Å². The Bertz CT molecular complexity index is 850. The third kappa shape index (κ3) is 4.12. The SMILES string of the molecule is CON=C1C=C2CCC3C(CC[C@@]4(C)C3CC[C@]4(O)C(CO[Si](C)(C)C)=NOC)[C@@]2(C)CC1. The number of fused-ring (bicyclic) bond motifs is 5. The molecule has 0 amide bonds. The molecule has 6 atom stereocenters. The van der Waals surface area contributed by atoms with Crippen molar-refractivity contribution in [3.63, 3.8) is 0 Å². The largest absolute Gasteiger partial charge is 0.412 e. The molecule has 0 aromatic rings. The molecule has 4 rings (SSSR count). The molecule has 0 saturated heterocycles. The molecule has 4 aliphatic carbocycles. The summed E-state index contributed by atoms with van der Waals surface area (Å²) in [5, 5.41) is 20.8. The molecular weight excluding hydrogens is 432 g/mol. The molecule has 0 bridgehead atoms. The molecule has 0 heterocycles. The molecule has 33 heavy (non-hydrogen) atoms. The van der Waals surface area contributed by atoms with Gasteiger partial charge in [0.1, 0.15) is 25.5 Å². The topological polar surface area (TPSA) is 72.6 Å². The zero-order valence-corrected chi connectivity index (χ0v) is 22.7. The van der Waals surface area contributed by atoms with Crippen LogP contribution in [0.1, 0.15) is 65.2 Å². The summed E-state index contributed by atoms with van der Waals surface area (Å²) in [6.45, 7) is 11.7. The highest BCUT2D eigenvalue weighted by atomic mass is 28.4. The fourth-order valence-electron chi connectivity index (χ4n) is 7.87. The van der Waals surface area contributed by atoms with Crippen LogP contribution in [0, 0.1) is 28.6 Å². The highest BCUT2D eigenvalue weighted by molar-refractivity contribution is 6.69. The number of aliphatic hydroxyl groups is 1. The van der Waals surface area contributed by atoms with E-state index in [0.29, 0.717) is 30.1 Å². The van der Waals surface area contributed by atoms with Crippen LogP contribution in [0.4, 0.5) is 0 Å². The van der Waals surface area contributed by atoms with Crippen LogP contribution in [0.5, 0.6) is 0 Å². The minimum absolute atomic E-state index is 0.191. The van der Waals surface area contributed by atoms with Crippen molar-refractivity contribution in [1.82, 2.24) is 0 Å². The smallest absolute Gasteiger partial charge is 0.184 e. The number of allylic oxidation sites excluding steroid dienone is 2. The van der Waals surface area contributed by atoms with Gasteiger partial charge in [0.15, 0.2) is 8.32 Å². The molecule has 4 aliphatic rings. The number of hydrogen-bond donors (Lipinski definition) is 1. The summed E-state index contributed by atoms with van der Waals surface area (Å²) in [7, 11) is 1.46. The van der Waals surface area contributed by atoms with Crippen molar-refractivity contribution < 1.29 is 19.2 Å². The first-order valence-corrected chi connectivity index (χ1v) is 16.2. The van der Waals surface area contributed by atoms with E-state index in [4.69, 9.17) is 14.1 Å². The van der Waals surface area contributed by atoms with Crippen LogP contribution in [0.25, 0.3) is 0 Å². The van der Waals surface area contributed by atoms with Crippen LogP contribution in [0.3, 0.4) is 0 Å². The lowest BCUT2D eigenvalue weighted by Gasteiger charge is -2.59. The second-order valence-corrected chi connectivity index (χ2v) is 16.8. The Morgan fingerprint density at radius 1 is 1.03 bits per heavy atom. The summed E-state index contributed by atoms with van der Waals surface area (Å²) in [4.78, 5) is 10.3. The molecule has 3 fully saturated rings. The van der Waals surface area contributed by atoms with E-state index >= 15 is 0 Å². The van der Waals surface area contributed by atoms with E-state index in [-0.39, 0.29) is 10.8 Å². The second-order valence-electron chi connectivity index (χ2n) is 12.2. The van der Waals surface area contributed by atoms with E-state index in [9.17, 15) is 5.11 Å². The molecule has 186 valence electrons. The Balaban J connectivity index is 1.61. The van der Waals surface area contributed by atoms with Crippen molar-refractivity contribution in [2.24, 2.45) is 38.9 Å². The van der Waals surface area contributed by atoms with Crippen LogP contribution in [0.2, 0.25) is 19.6 Å². The van der Waals surface area contributed by atoms with Crippen molar-refractivity contribution in [2.75, 3.05) is 20.8 Å². The summed E-state index contributed by atoms with van der Waals surface area (Å²) < 4.78 is 6.21. The highest BCUT2D eigenvalue weighted by Crippen LogP contribution is 2.67. The van der Waals surface area contributed by atoms with Gasteiger partial charge in [-0.05, 0) is 100 Å². The lowest BCUT2D eigenvalue weighted by Crippen LogP contribution is -2.58. The van der Waals surface area contributed by atoms with E-state index in [1.807, 2.05) is 0 Å². The summed E-state index contributed by atoms with van der Waals surface area (Å²) in [6.07, 6.45) is 10.8. The summed E-state index contributed by atoms with van der Waals surface area (Å²) >= 11 is 0. The average Bonchev–Trinajstić information content (AvgIpc) is 3.02. The third-order valence-electron chi connectivity index (χ3n) is 9.66. The number of nitrogens with zero attached hydrogens (tertiary/aromatic N) is 2. The lowest BCUT2D eigenvalue weighted by molar-refractivity contribution is -0.0965. The minimum Gasteiger partial charge on any atom is -0.412 e. The Kier molecular flexibility index (Phi) is 6.64. The third-order valence-corrected chi connectivity index (χ3v) is 10.7. The molecular formula is C26H44N2O4Si. The first-order chi connectivity index (χ1) is 15.5. The molecule has 3 saturated carbocycles. The Labute approximate surface area is 200 Å². The molecule has 0 radical (unpaired) electrons. The predicted molar refractivity (Wildman–Crippen MR) is 135 cm³/mol. The molecule has 6 nitrogen and oxygen atoms in total. The summed E-state index contributed by atoms with van der Waals surface area (Å²) in [5.74, 6) is 1.81. The van der Waals surface area contributed by atoms with Gasteiger partial charge in [-0.15, -0.1) is 0 Å². The van der Waals surface area contributed by atoms with E-state index in [1.165, 1.54) is 6.42 Å². The fraction of sp³-hybridized carbons (Fsp3) is 0.846. The maximum atomic E-state index is 12.2. The van der Waals surface area contributed by atoms with Crippen molar-refractivity contribution in [1.29, 1.82) is 0 Å². The van der Waals surface area contributed by atoms with Crippen LogP contribution >= 0.6 is 0 Å². The van der Waals surface area contributed by atoms with Gasteiger partial charge in [0.05, 0.1) is 12.3 Å². The monoisotopic (exact) mass is 476 g/mol. The maximum Gasteiger partial charge on any atom is 0.184 e. The van der Waals surface area contributed by atoms with Crippen molar-refractivity contribution in [3.8, 4) is 0 Å². The molecule has 0 spiro atoms. The van der Waals surface area contributed by atoms with Crippen molar-refractivity contribution >= 4 is 19.7 Å². The standard InChI is InChI=1S/C26H44N2O4Si/c1-24-13-10-19(27-30-3)16-18(24)8-9-20-21(24)11-14-25(2)22(20)12-15-26(25,29)23(28-31-4)17-32-33(5,6)7/h16,20-22,29H,8-15,17H2,1-7H3/t20?,21?,22?,24-,25-,26-/m0/s1. The first-order valence-electron chi connectivity index (χ1n) is 12.8. The molecule has 0 aromatic heterocycles. The number of hydrogen-bond acceptors (Lipinski definition) is 6. The van der Waals surface area contributed by atoms with Crippen LogP contribution < -0.4 is 0 Å². The predicted octanol–water partition coefficient (Wildman–Crippen LogP) is 5.54. The fourth-order valence-corrected chi connectivity index (χ4v) is 8.44. The van der Waals surface area contributed by atoms with Crippen LogP contribution in [-0.2, 0) is 14.1 Å². The van der Waals surface area contributed by atoms with E-state index in [1.54, 1.807) is 19.8 Å². The Morgan fingerprint density at radius 3 is 2.42 bits per heavy atom.